The zero-order valence-corrected chi connectivity index (χ0v) is 20.3. The highest BCUT2D eigenvalue weighted by atomic mass is 32.2. The van der Waals surface area contributed by atoms with Crippen molar-refractivity contribution in [3.8, 4) is 5.75 Å². The molecule has 1 heterocycles. The normalized spacial score (nSPS) is 36.8. The van der Waals surface area contributed by atoms with Gasteiger partial charge in [0.05, 0.1) is 7.11 Å². The molecule has 6 nitrogen and oxygen atoms in total. The van der Waals surface area contributed by atoms with E-state index in [-0.39, 0.29) is 16.3 Å². The highest BCUT2D eigenvalue weighted by Gasteiger charge is 2.51. The van der Waals surface area contributed by atoms with Crippen molar-refractivity contribution in [2.45, 2.75) is 69.2 Å². The minimum atomic E-state index is -3.75. The predicted octanol–water partition coefficient (Wildman–Crippen LogP) is 4.06. The Morgan fingerprint density at radius 3 is 2.09 bits per heavy atom. The van der Waals surface area contributed by atoms with Gasteiger partial charge in [-0.15, -0.1) is 0 Å². The fourth-order valence-corrected chi connectivity index (χ4v) is 9.40. The number of carbonyl (C=O) groups is 1. The molecular formula is C25H36N2O4S. The Bertz CT molecular complexity index is 960. The van der Waals surface area contributed by atoms with Crippen LogP contribution in [-0.2, 0) is 10.0 Å². The molecule has 1 saturated heterocycles. The van der Waals surface area contributed by atoms with E-state index in [0.29, 0.717) is 36.2 Å². The number of rotatable bonds is 5. The average Bonchev–Trinajstić information content (AvgIpc) is 2.71. The summed E-state index contributed by atoms with van der Waals surface area (Å²) >= 11 is 0. The molecule has 1 aromatic rings. The number of amides is 1. The lowest BCUT2D eigenvalue weighted by molar-refractivity contribution is -0.0167. The lowest BCUT2D eigenvalue weighted by atomic mass is 9.53. The van der Waals surface area contributed by atoms with Gasteiger partial charge in [0.15, 0.2) is 0 Å². The molecule has 0 aromatic heterocycles. The van der Waals surface area contributed by atoms with E-state index in [1.807, 2.05) is 0 Å². The van der Waals surface area contributed by atoms with Gasteiger partial charge >= 0.3 is 0 Å². The van der Waals surface area contributed by atoms with Crippen LogP contribution >= 0.6 is 0 Å². The van der Waals surface area contributed by atoms with Gasteiger partial charge in [0.2, 0.25) is 10.0 Å². The first-order valence-corrected chi connectivity index (χ1v) is 13.6. The van der Waals surface area contributed by atoms with Gasteiger partial charge in [-0.1, -0.05) is 13.8 Å². The van der Waals surface area contributed by atoms with Gasteiger partial charge in [-0.3, -0.25) is 4.79 Å². The van der Waals surface area contributed by atoms with Crippen molar-refractivity contribution >= 4 is 15.9 Å². The summed E-state index contributed by atoms with van der Waals surface area (Å²) in [7, 11) is -2.27. The van der Waals surface area contributed by atoms with E-state index < -0.39 is 10.0 Å². The van der Waals surface area contributed by atoms with Crippen LogP contribution in [0.1, 0.15) is 69.2 Å². The maximum absolute atomic E-state index is 13.6. The molecule has 5 fully saturated rings. The lowest BCUT2D eigenvalue weighted by Gasteiger charge is -2.56. The van der Waals surface area contributed by atoms with Crippen LogP contribution in [-0.4, -0.2) is 44.4 Å². The molecule has 4 saturated carbocycles. The Balaban J connectivity index is 1.41. The first-order chi connectivity index (χ1) is 15.2. The number of sulfonamides is 1. The maximum atomic E-state index is 13.6. The van der Waals surface area contributed by atoms with Gasteiger partial charge in [-0.05, 0) is 92.7 Å². The van der Waals surface area contributed by atoms with E-state index in [0.717, 1.165) is 43.4 Å². The number of benzene rings is 1. The average molecular weight is 461 g/mol. The van der Waals surface area contributed by atoms with E-state index in [4.69, 9.17) is 4.74 Å². The number of piperidine rings is 1. The first-order valence-electron chi connectivity index (χ1n) is 12.2. The van der Waals surface area contributed by atoms with E-state index in [2.05, 4.69) is 19.2 Å². The largest absolute Gasteiger partial charge is 0.495 e. The number of carbonyl (C=O) groups excluding carboxylic acids is 1. The number of hydrogen-bond acceptors (Lipinski definition) is 4. The van der Waals surface area contributed by atoms with Crippen LogP contribution in [0, 0.1) is 29.6 Å². The topological polar surface area (TPSA) is 75.7 Å². The van der Waals surface area contributed by atoms with Crippen molar-refractivity contribution in [2.75, 3.05) is 20.2 Å². The van der Waals surface area contributed by atoms with Crippen LogP contribution in [0.4, 0.5) is 0 Å². The van der Waals surface area contributed by atoms with Crippen LogP contribution in [0.3, 0.4) is 0 Å². The molecule has 1 amide bonds. The standard InChI is InChI=1S/C25H36N2O4S/c1-16-6-17(2)15-27(14-16)32(29,30)23-10-21(4-5-22(23)31-3)24(28)26-25-11-18-7-19(12-25)9-20(8-18)13-25/h4-5,10,16-20H,6-9,11-15H2,1-3H3,(H,26,28). The summed E-state index contributed by atoms with van der Waals surface area (Å²) in [6, 6.07) is 4.83. The van der Waals surface area contributed by atoms with Gasteiger partial charge < -0.3 is 10.1 Å². The smallest absolute Gasteiger partial charge is 0.251 e. The molecule has 4 bridgehead atoms. The van der Waals surface area contributed by atoms with Crippen LogP contribution in [0.2, 0.25) is 0 Å². The third-order valence-corrected chi connectivity index (χ3v) is 10.1. The third kappa shape index (κ3) is 3.96. The molecule has 5 aliphatic rings. The molecule has 32 heavy (non-hydrogen) atoms. The number of nitrogens with zero attached hydrogens (tertiary/aromatic N) is 1. The van der Waals surface area contributed by atoms with Crippen molar-refractivity contribution in [1.29, 1.82) is 0 Å². The second-order valence-corrected chi connectivity index (χ2v) is 13.2. The van der Waals surface area contributed by atoms with E-state index in [1.54, 1.807) is 16.4 Å². The molecule has 2 unspecified atom stereocenters. The minimum absolute atomic E-state index is 0.0967. The molecule has 176 valence electrons. The first kappa shape index (κ1) is 22.2. The van der Waals surface area contributed by atoms with E-state index >= 15 is 0 Å². The van der Waals surface area contributed by atoms with Gasteiger partial charge in [0.25, 0.3) is 5.91 Å². The molecule has 4 aliphatic carbocycles. The summed E-state index contributed by atoms with van der Waals surface area (Å²) in [5.74, 6) is 2.95. The molecular weight excluding hydrogens is 424 g/mol. The number of hydrogen-bond donors (Lipinski definition) is 1. The molecule has 7 heteroatoms. The number of ether oxygens (including phenoxy) is 1. The zero-order valence-electron chi connectivity index (χ0n) is 19.5. The second-order valence-electron chi connectivity index (χ2n) is 11.3. The van der Waals surface area contributed by atoms with Crippen molar-refractivity contribution in [1.82, 2.24) is 9.62 Å². The van der Waals surface area contributed by atoms with E-state index in [1.165, 1.54) is 32.4 Å². The predicted molar refractivity (Wildman–Crippen MR) is 123 cm³/mol. The Morgan fingerprint density at radius 1 is 1.00 bits per heavy atom. The van der Waals surface area contributed by atoms with Crippen molar-refractivity contribution < 1.29 is 17.9 Å². The molecule has 0 radical (unpaired) electrons. The van der Waals surface area contributed by atoms with E-state index in [9.17, 15) is 13.2 Å². The monoisotopic (exact) mass is 460 g/mol. The van der Waals surface area contributed by atoms with Gasteiger partial charge in [0, 0.05) is 24.2 Å². The molecule has 2 atom stereocenters. The Morgan fingerprint density at radius 2 is 1.56 bits per heavy atom. The Labute approximate surface area is 192 Å². The van der Waals surface area contributed by atoms with Crippen LogP contribution in [0.5, 0.6) is 5.75 Å². The molecule has 0 spiro atoms. The molecule has 1 aromatic carbocycles. The summed E-state index contributed by atoms with van der Waals surface area (Å²) in [6.07, 6.45) is 8.16. The highest BCUT2D eigenvalue weighted by molar-refractivity contribution is 7.89. The zero-order chi connectivity index (χ0) is 22.7. The maximum Gasteiger partial charge on any atom is 0.251 e. The fourth-order valence-electron chi connectivity index (χ4n) is 7.54. The van der Waals surface area contributed by atoms with Crippen LogP contribution < -0.4 is 10.1 Å². The minimum Gasteiger partial charge on any atom is -0.495 e. The summed E-state index contributed by atoms with van der Waals surface area (Å²) < 4.78 is 34.1. The summed E-state index contributed by atoms with van der Waals surface area (Å²) in [5, 5.41) is 3.36. The summed E-state index contributed by atoms with van der Waals surface area (Å²) in [6.45, 7) is 5.18. The molecule has 1 N–H and O–H groups in total. The molecule has 6 rings (SSSR count). The SMILES string of the molecule is COc1ccc(C(=O)NC23CC4CC(CC(C4)C2)C3)cc1S(=O)(=O)N1CC(C)CC(C)C1. The second kappa shape index (κ2) is 8.01. The highest BCUT2D eigenvalue weighted by Crippen LogP contribution is 2.55. The van der Waals surface area contributed by atoms with Gasteiger partial charge in [-0.2, -0.15) is 4.31 Å². The Kier molecular flexibility index (Phi) is 5.56. The van der Waals surface area contributed by atoms with Crippen molar-refractivity contribution in [3.05, 3.63) is 23.8 Å². The Hall–Kier alpha value is -1.60. The van der Waals surface area contributed by atoms with Crippen molar-refractivity contribution in [3.63, 3.8) is 0 Å². The number of methoxy groups -OCH3 is 1. The molecule has 1 aliphatic heterocycles. The van der Waals surface area contributed by atoms with Gasteiger partial charge in [0.1, 0.15) is 10.6 Å². The quantitative estimate of drug-likeness (QED) is 0.719. The third-order valence-electron chi connectivity index (χ3n) is 8.30. The number of nitrogens with one attached hydrogen (secondary N) is 1. The lowest BCUT2D eigenvalue weighted by Crippen LogP contribution is -2.59. The van der Waals surface area contributed by atoms with Gasteiger partial charge in [-0.25, -0.2) is 8.42 Å². The fraction of sp³-hybridized carbons (Fsp3) is 0.720. The summed E-state index contributed by atoms with van der Waals surface area (Å²) in [4.78, 5) is 13.4. The summed E-state index contributed by atoms with van der Waals surface area (Å²) in [5.41, 5.74) is 0.293. The van der Waals surface area contributed by atoms with Crippen molar-refractivity contribution in [2.24, 2.45) is 29.6 Å². The van der Waals surface area contributed by atoms with Crippen LogP contribution in [0.25, 0.3) is 0 Å². The van der Waals surface area contributed by atoms with Crippen LogP contribution in [0.15, 0.2) is 23.1 Å².